The number of aryl methyl sites for hydroxylation is 1. The molecule has 0 aliphatic carbocycles. The summed E-state index contributed by atoms with van der Waals surface area (Å²) < 4.78 is 0. The van der Waals surface area contributed by atoms with Crippen LogP contribution in [0.25, 0.3) is 0 Å². The summed E-state index contributed by atoms with van der Waals surface area (Å²) in [6, 6.07) is 8.57. The van der Waals surface area contributed by atoms with E-state index in [2.05, 4.69) is 45.0 Å². The second-order valence-electron chi connectivity index (χ2n) is 4.37. The van der Waals surface area contributed by atoms with Gasteiger partial charge in [-0.2, -0.15) is 0 Å². The van der Waals surface area contributed by atoms with E-state index in [1.54, 1.807) is 0 Å². The molecule has 2 N–H and O–H groups in total. The molecule has 1 atom stereocenters. The van der Waals surface area contributed by atoms with Crippen molar-refractivity contribution >= 4 is 0 Å². The molecule has 1 rings (SSSR count). The summed E-state index contributed by atoms with van der Waals surface area (Å²) in [6.45, 7) is 7.45. The fourth-order valence-electron chi connectivity index (χ4n) is 1.71. The zero-order chi connectivity index (χ0) is 10.6. The van der Waals surface area contributed by atoms with E-state index < -0.39 is 0 Å². The van der Waals surface area contributed by atoms with Crippen LogP contribution in [-0.4, -0.2) is 6.54 Å². The predicted octanol–water partition coefficient (Wildman–Crippen LogP) is 2.77. The van der Waals surface area contributed by atoms with Crippen molar-refractivity contribution in [3.05, 3.63) is 35.4 Å². The van der Waals surface area contributed by atoms with Gasteiger partial charge in [-0.15, -0.1) is 0 Å². The third-order valence-electron chi connectivity index (χ3n) is 2.99. The lowest BCUT2D eigenvalue weighted by Gasteiger charge is -2.19. The van der Waals surface area contributed by atoms with Gasteiger partial charge in [0.2, 0.25) is 0 Å². The first-order chi connectivity index (χ1) is 6.65. The fraction of sp³-hybridized carbons (Fsp3) is 0.538. The Morgan fingerprint density at radius 3 is 2.36 bits per heavy atom. The lowest BCUT2D eigenvalue weighted by atomic mass is 9.88. The summed E-state index contributed by atoms with van der Waals surface area (Å²) in [4.78, 5) is 0. The van der Waals surface area contributed by atoms with Crippen molar-refractivity contribution in [3.8, 4) is 0 Å². The van der Waals surface area contributed by atoms with Crippen molar-refractivity contribution in [2.24, 2.45) is 17.6 Å². The van der Waals surface area contributed by atoms with Crippen molar-refractivity contribution in [2.45, 2.75) is 27.2 Å². The molecule has 0 saturated carbocycles. The van der Waals surface area contributed by atoms with Crippen LogP contribution in [0.2, 0.25) is 0 Å². The first-order valence-corrected chi connectivity index (χ1v) is 5.39. The molecule has 14 heavy (non-hydrogen) atoms. The Kier molecular flexibility index (Phi) is 4.15. The molecule has 0 spiro atoms. The Labute approximate surface area is 87.3 Å². The van der Waals surface area contributed by atoms with E-state index in [4.69, 9.17) is 5.73 Å². The van der Waals surface area contributed by atoms with E-state index in [0.717, 1.165) is 13.0 Å². The van der Waals surface area contributed by atoms with Crippen LogP contribution in [0.15, 0.2) is 24.3 Å². The van der Waals surface area contributed by atoms with Crippen LogP contribution in [0, 0.1) is 18.8 Å². The maximum atomic E-state index is 5.77. The summed E-state index contributed by atoms with van der Waals surface area (Å²) in [6.07, 6.45) is 1.11. The molecule has 1 heteroatoms. The normalized spacial score (nSPS) is 13.2. The summed E-state index contributed by atoms with van der Waals surface area (Å²) in [5, 5.41) is 0. The Morgan fingerprint density at radius 2 is 1.86 bits per heavy atom. The minimum atomic E-state index is 0.607. The van der Waals surface area contributed by atoms with Crippen molar-refractivity contribution in [1.82, 2.24) is 0 Å². The SMILES string of the molecule is Cc1ccccc1CC(CN)C(C)C. The molecule has 0 saturated heterocycles. The molecule has 0 amide bonds. The molecule has 0 fully saturated rings. The Hall–Kier alpha value is -0.820. The number of nitrogens with two attached hydrogens (primary N) is 1. The smallest absolute Gasteiger partial charge is 0.00432 e. The van der Waals surface area contributed by atoms with E-state index in [0.29, 0.717) is 11.8 Å². The summed E-state index contributed by atoms with van der Waals surface area (Å²) in [7, 11) is 0. The average Bonchev–Trinajstić information content (AvgIpc) is 2.16. The second kappa shape index (κ2) is 5.16. The van der Waals surface area contributed by atoms with Crippen LogP contribution >= 0.6 is 0 Å². The van der Waals surface area contributed by atoms with Crippen molar-refractivity contribution in [2.75, 3.05) is 6.54 Å². The van der Waals surface area contributed by atoms with Gasteiger partial charge in [0.25, 0.3) is 0 Å². The highest BCUT2D eigenvalue weighted by atomic mass is 14.5. The van der Waals surface area contributed by atoms with E-state index in [1.165, 1.54) is 11.1 Å². The monoisotopic (exact) mass is 191 g/mol. The molecule has 0 aromatic heterocycles. The van der Waals surface area contributed by atoms with Gasteiger partial charge < -0.3 is 5.73 Å². The first-order valence-electron chi connectivity index (χ1n) is 5.39. The van der Waals surface area contributed by atoms with E-state index in [-0.39, 0.29) is 0 Å². The van der Waals surface area contributed by atoms with Gasteiger partial charge in [-0.25, -0.2) is 0 Å². The van der Waals surface area contributed by atoms with Gasteiger partial charge in [0.15, 0.2) is 0 Å². The van der Waals surface area contributed by atoms with Gasteiger partial charge in [-0.3, -0.25) is 0 Å². The lowest BCUT2D eigenvalue weighted by Crippen LogP contribution is -2.22. The number of rotatable bonds is 4. The highest BCUT2D eigenvalue weighted by Gasteiger charge is 2.12. The van der Waals surface area contributed by atoms with E-state index >= 15 is 0 Å². The highest BCUT2D eigenvalue weighted by Crippen LogP contribution is 2.18. The molecule has 0 heterocycles. The Balaban J connectivity index is 2.72. The van der Waals surface area contributed by atoms with E-state index in [1.807, 2.05) is 0 Å². The average molecular weight is 191 g/mol. The van der Waals surface area contributed by atoms with Gasteiger partial charge in [-0.1, -0.05) is 38.1 Å². The van der Waals surface area contributed by atoms with Crippen molar-refractivity contribution in [1.29, 1.82) is 0 Å². The van der Waals surface area contributed by atoms with Crippen molar-refractivity contribution in [3.63, 3.8) is 0 Å². The molecule has 1 nitrogen and oxygen atoms in total. The standard InChI is InChI=1S/C13H21N/c1-10(2)13(9-14)8-12-7-5-4-6-11(12)3/h4-7,10,13H,8-9,14H2,1-3H3. The molecular formula is C13H21N. The quantitative estimate of drug-likeness (QED) is 0.778. The van der Waals surface area contributed by atoms with Gasteiger partial charge in [0.05, 0.1) is 0 Å². The molecule has 1 aromatic rings. The molecular weight excluding hydrogens is 170 g/mol. The minimum absolute atomic E-state index is 0.607. The molecule has 1 unspecified atom stereocenters. The molecule has 0 aliphatic heterocycles. The molecule has 1 aromatic carbocycles. The first kappa shape index (κ1) is 11.3. The predicted molar refractivity (Wildman–Crippen MR) is 62.3 cm³/mol. The highest BCUT2D eigenvalue weighted by molar-refractivity contribution is 5.26. The van der Waals surface area contributed by atoms with Gasteiger partial charge in [-0.05, 0) is 42.9 Å². The topological polar surface area (TPSA) is 26.0 Å². The molecule has 0 bridgehead atoms. The minimum Gasteiger partial charge on any atom is -0.330 e. The van der Waals surface area contributed by atoms with E-state index in [9.17, 15) is 0 Å². The second-order valence-corrected chi connectivity index (χ2v) is 4.37. The zero-order valence-electron chi connectivity index (χ0n) is 9.46. The molecule has 0 radical (unpaired) electrons. The van der Waals surface area contributed by atoms with Crippen LogP contribution in [0.5, 0.6) is 0 Å². The van der Waals surface area contributed by atoms with Gasteiger partial charge >= 0.3 is 0 Å². The maximum Gasteiger partial charge on any atom is -0.00432 e. The largest absolute Gasteiger partial charge is 0.330 e. The van der Waals surface area contributed by atoms with Crippen LogP contribution in [-0.2, 0) is 6.42 Å². The van der Waals surface area contributed by atoms with Gasteiger partial charge in [0.1, 0.15) is 0 Å². The molecule has 78 valence electrons. The Bertz CT molecular complexity index is 278. The number of hydrogen-bond donors (Lipinski definition) is 1. The third kappa shape index (κ3) is 2.85. The van der Waals surface area contributed by atoms with Crippen molar-refractivity contribution < 1.29 is 0 Å². The van der Waals surface area contributed by atoms with Crippen LogP contribution in [0.3, 0.4) is 0 Å². The third-order valence-corrected chi connectivity index (χ3v) is 2.99. The lowest BCUT2D eigenvalue weighted by molar-refractivity contribution is 0.391. The number of hydrogen-bond acceptors (Lipinski definition) is 1. The molecule has 0 aliphatic rings. The maximum absolute atomic E-state index is 5.77. The zero-order valence-corrected chi connectivity index (χ0v) is 9.46. The van der Waals surface area contributed by atoms with Crippen LogP contribution < -0.4 is 5.73 Å². The summed E-state index contributed by atoms with van der Waals surface area (Å²) in [5.41, 5.74) is 8.59. The number of benzene rings is 1. The summed E-state index contributed by atoms with van der Waals surface area (Å²) >= 11 is 0. The Morgan fingerprint density at radius 1 is 1.21 bits per heavy atom. The van der Waals surface area contributed by atoms with Crippen LogP contribution in [0.4, 0.5) is 0 Å². The van der Waals surface area contributed by atoms with Crippen LogP contribution in [0.1, 0.15) is 25.0 Å². The van der Waals surface area contributed by atoms with Gasteiger partial charge in [0, 0.05) is 0 Å². The summed E-state index contributed by atoms with van der Waals surface area (Å²) in [5.74, 6) is 1.27. The fourth-order valence-corrected chi connectivity index (χ4v) is 1.71.